The van der Waals surface area contributed by atoms with Gasteiger partial charge in [-0.1, -0.05) is 0 Å². The van der Waals surface area contributed by atoms with Gasteiger partial charge in [-0.15, -0.1) is 0 Å². The van der Waals surface area contributed by atoms with Crippen LogP contribution in [0.5, 0.6) is 11.5 Å². The lowest BCUT2D eigenvalue weighted by atomic mass is 10.1. The summed E-state index contributed by atoms with van der Waals surface area (Å²) in [5.41, 5.74) is -0.0360. The summed E-state index contributed by atoms with van der Waals surface area (Å²) in [6.07, 6.45) is 1.32. The van der Waals surface area contributed by atoms with Gasteiger partial charge < -0.3 is 19.9 Å². The van der Waals surface area contributed by atoms with Crippen molar-refractivity contribution in [2.45, 2.75) is 45.3 Å². The molecule has 0 radical (unpaired) electrons. The zero-order chi connectivity index (χ0) is 16.2. The number of benzene rings is 1. The predicted octanol–water partition coefficient (Wildman–Crippen LogP) is 2.87. The number of phenols is 1. The Morgan fingerprint density at radius 1 is 1.32 bits per heavy atom. The number of hydrogen-bond donors (Lipinski definition) is 3. The first-order valence-corrected chi connectivity index (χ1v) is 7.54. The van der Waals surface area contributed by atoms with Crippen LogP contribution in [0.1, 0.15) is 33.6 Å². The van der Waals surface area contributed by atoms with Crippen molar-refractivity contribution in [1.29, 1.82) is 0 Å². The highest BCUT2D eigenvalue weighted by atomic mass is 16.6. The van der Waals surface area contributed by atoms with E-state index in [2.05, 4.69) is 10.6 Å². The Hall–Kier alpha value is -1.95. The maximum Gasteiger partial charge on any atom is 0.412 e. The van der Waals surface area contributed by atoms with Crippen molar-refractivity contribution in [3.8, 4) is 11.5 Å². The fraction of sp³-hybridized carbons (Fsp3) is 0.562. The van der Waals surface area contributed by atoms with Gasteiger partial charge in [0.15, 0.2) is 11.5 Å². The van der Waals surface area contributed by atoms with Crippen molar-refractivity contribution in [1.82, 2.24) is 5.32 Å². The Morgan fingerprint density at radius 2 is 2.00 bits per heavy atom. The molecule has 0 aromatic heterocycles. The molecule has 3 N–H and O–H groups in total. The van der Waals surface area contributed by atoms with E-state index < -0.39 is 11.7 Å². The van der Waals surface area contributed by atoms with Gasteiger partial charge in [0.25, 0.3) is 0 Å². The molecular weight excluding hydrogens is 284 g/mol. The highest BCUT2D eigenvalue weighted by Crippen LogP contribution is 2.31. The molecule has 1 aliphatic rings. The van der Waals surface area contributed by atoms with Crippen molar-refractivity contribution in [2.75, 3.05) is 18.4 Å². The molecule has 1 aromatic rings. The fourth-order valence-corrected chi connectivity index (χ4v) is 2.20. The van der Waals surface area contributed by atoms with Crippen LogP contribution >= 0.6 is 0 Å². The highest BCUT2D eigenvalue weighted by Gasteiger charge is 2.18. The summed E-state index contributed by atoms with van der Waals surface area (Å²) in [6, 6.07) is 4.72. The van der Waals surface area contributed by atoms with E-state index in [0.29, 0.717) is 11.4 Å². The Labute approximate surface area is 130 Å². The number of aromatic hydroxyl groups is 1. The number of hydrogen-bond acceptors (Lipinski definition) is 5. The van der Waals surface area contributed by atoms with E-state index in [1.807, 2.05) is 0 Å². The van der Waals surface area contributed by atoms with E-state index in [-0.39, 0.29) is 11.9 Å². The molecule has 0 spiro atoms. The number of piperidine rings is 1. The molecule has 2 rings (SSSR count). The number of carbonyl (C=O) groups is 1. The minimum atomic E-state index is -0.560. The quantitative estimate of drug-likeness (QED) is 0.748. The summed E-state index contributed by atoms with van der Waals surface area (Å²) < 4.78 is 11.0. The Kier molecular flexibility index (Phi) is 5.13. The van der Waals surface area contributed by atoms with Crippen LogP contribution in [-0.2, 0) is 4.74 Å². The zero-order valence-electron chi connectivity index (χ0n) is 13.3. The van der Waals surface area contributed by atoms with Gasteiger partial charge in [0.2, 0.25) is 0 Å². The van der Waals surface area contributed by atoms with Gasteiger partial charge in [-0.05, 0) is 58.8 Å². The topological polar surface area (TPSA) is 79.8 Å². The molecule has 0 unspecified atom stereocenters. The first kappa shape index (κ1) is 16.4. The van der Waals surface area contributed by atoms with Gasteiger partial charge in [0, 0.05) is 11.8 Å². The summed E-state index contributed by atoms with van der Waals surface area (Å²) in [6.45, 7) is 7.21. The number of ether oxygens (including phenoxy) is 2. The molecule has 1 amide bonds. The van der Waals surface area contributed by atoms with E-state index in [1.165, 1.54) is 6.07 Å². The van der Waals surface area contributed by atoms with Crippen molar-refractivity contribution in [3.63, 3.8) is 0 Å². The second-order valence-electron chi connectivity index (χ2n) is 6.38. The number of phenolic OH excluding ortho intramolecular Hbond substituents is 1. The molecule has 1 fully saturated rings. The molecule has 0 saturated carbocycles. The lowest BCUT2D eigenvalue weighted by Crippen LogP contribution is -2.34. The van der Waals surface area contributed by atoms with Crippen LogP contribution in [0.3, 0.4) is 0 Å². The van der Waals surface area contributed by atoms with Gasteiger partial charge in [0.05, 0.1) is 0 Å². The van der Waals surface area contributed by atoms with Gasteiger partial charge >= 0.3 is 6.09 Å². The molecule has 1 heterocycles. The van der Waals surface area contributed by atoms with Gasteiger partial charge in [0.1, 0.15) is 11.7 Å². The van der Waals surface area contributed by atoms with Crippen molar-refractivity contribution in [3.05, 3.63) is 18.2 Å². The van der Waals surface area contributed by atoms with Crippen molar-refractivity contribution >= 4 is 11.8 Å². The SMILES string of the molecule is CC(C)(C)OC(=O)Nc1ccc(O)c(OC2CCNCC2)c1. The van der Waals surface area contributed by atoms with Gasteiger partial charge in [-0.25, -0.2) is 4.79 Å². The predicted molar refractivity (Wildman–Crippen MR) is 84.5 cm³/mol. The minimum Gasteiger partial charge on any atom is -0.504 e. The first-order chi connectivity index (χ1) is 10.3. The van der Waals surface area contributed by atoms with Gasteiger partial charge in [-0.2, -0.15) is 0 Å². The number of nitrogens with one attached hydrogen (secondary N) is 2. The third kappa shape index (κ3) is 5.11. The van der Waals surface area contributed by atoms with Crippen LogP contribution < -0.4 is 15.4 Å². The van der Waals surface area contributed by atoms with Crippen LogP contribution in [0.2, 0.25) is 0 Å². The van der Waals surface area contributed by atoms with Crippen LogP contribution in [0, 0.1) is 0 Å². The monoisotopic (exact) mass is 308 g/mol. The summed E-state index contributed by atoms with van der Waals surface area (Å²) in [5, 5.41) is 15.8. The molecular formula is C16H24N2O4. The van der Waals surface area contributed by atoms with Crippen LogP contribution in [-0.4, -0.2) is 36.0 Å². The minimum absolute atomic E-state index is 0.0632. The average molecular weight is 308 g/mol. The number of amides is 1. The Bertz CT molecular complexity index is 519. The molecule has 122 valence electrons. The molecule has 22 heavy (non-hydrogen) atoms. The molecule has 6 nitrogen and oxygen atoms in total. The third-order valence-corrected chi connectivity index (χ3v) is 3.18. The third-order valence-electron chi connectivity index (χ3n) is 3.18. The summed E-state index contributed by atoms with van der Waals surface area (Å²) >= 11 is 0. The van der Waals surface area contributed by atoms with Crippen molar-refractivity contribution in [2.24, 2.45) is 0 Å². The summed E-state index contributed by atoms with van der Waals surface area (Å²) in [7, 11) is 0. The zero-order valence-corrected chi connectivity index (χ0v) is 13.3. The second-order valence-corrected chi connectivity index (χ2v) is 6.38. The normalized spacial score (nSPS) is 16.1. The largest absolute Gasteiger partial charge is 0.504 e. The molecule has 1 saturated heterocycles. The van der Waals surface area contributed by atoms with E-state index in [4.69, 9.17) is 9.47 Å². The first-order valence-electron chi connectivity index (χ1n) is 7.54. The van der Waals surface area contributed by atoms with Crippen LogP contribution in [0.15, 0.2) is 18.2 Å². The van der Waals surface area contributed by atoms with Crippen LogP contribution in [0.4, 0.5) is 10.5 Å². The molecule has 0 atom stereocenters. The average Bonchev–Trinajstić information content (AvgIpc) is 2.41. The van der Waals surface area contributed by atoms with Gasteiger partial charge in [-0.3, -0.25) is 5.32 Å². The maximum atomic E-state index is 11.8. The van der Waals surface area contributed by atoms with E-state index in [9.17, 15) is 9.90 Å². The second kappa shape index (κ2) is 6.87. The van der Waals surface area contributed by atoms with E-state index >= 15 is 0 Å². The Balaban J connectivity index is 2.01. The smallest absolute Gasteiger partial charge is 0.412 e. The summed E-state index contributed by atoms with van der Waals surface area (Å²) in [5.74, 6) is 0.439. The maximum absolute atomic E-state index is 11.8. The standard InChI is InChI=1S/C16H24N2O4/c1-16(2,3)22-15(20)18-11-4-5-13(19)14(10-11)21-12-6-8-17-9-7-12/h4-5,10,12,17,19H,6-9H2,1-3H3,(H,18,20). The number of anilines is 1. The van der Waals surface area contributed by atoms with Crippen LogP contribution in [0.25, 0.3) is 0 Å². The van der Waals surface area contributed by atoms with E-state index in [1.54, 1.807) is 32.9 Å². The van der Waals surface area contributed by atoms with E-state index in [0.717, 1.165) is 25.9 Å². The summed E-state index contributed by atoms with van der Waals surface area (Å²) in [4.78, 5) is 11.8. The lowest BCUT2D eigenvalue weighted by molar-refractivity contribution is 0.0636. The lowest BCUT2D eigenvalue weighted by Gasteiger charge is -2.24. The molecule has 1 aliphatic heterocycles. The number of rotatable bonds is 3. The molecule has 1 aromatic carbocycles. The fourth-order valence-electron chi connectivity index (χ4n) is 2.20. The Morgan fingerprint density at radius 3 is 2.64 bits per heavy atom. The highest BCUT2D eigenvalue weighted by molar-refractivity contribution is 5.85. The molecule has 6 heteroatoms. The number of carbonyl (C=O) groups excluding carboxylic acids is 1. The van der Waals surface area contributed by atoms with Crippen molar-refractivity contribution < 1.29 is 19.4 Å². The molecule has 0 aliphatic carbocycles. The molecule has 0 bridgehead atoms.